The summed E-state index contributed by atoms with van der Waals surface area (Å²) < 4.78 is 0. The van der Waals surface area contributed by atoms with Crippen molar-refractivity contribution in [2.45, 2.75) is 36.3 Å². The molecule has 20 heavy (non-hydrogen) atoms. The van der Waals surface area contributed by atoms with Crippen molar-refractivity contribution in [1.29, 1.82) is 0 Å². The summed E-state index contributed by atoms with van der Waals surface area (Å²) in [5.74, 6) is 3.60. The molecular formula is C16H24ClNS2. The molecule has 0 aromatic heterocycles. The highest BCUT2D eigenvalue weighted by Gasteiger charge is 2.16. The molecule has 0 bridgehead atoms. The highest BCUT2D eigenvalue weighted by molar-refractivity contribution is 8.04. The Hall–Kier alpha value is 0.170. The minimum absolute atomic E-state index is 0.811. The fourth-order valence-corrected chi connectivity index (χ4v) is 5.07. The number of rotatable bonds is 2. The topological polar surface area (TPSA) is 12.0 Å². The number of halogens is 1. The molecule has 2 aliphatic heterocycles. The zero-order valence-corrected chi connectivity index (χ0v) is 14.5. The van der Waals surface area contributed by atoms with Gasteiger partial charge in [0, 0.05) is 20.9 Å². The Labute approximate surface area is 136 Å². The molecule has 1 aromatic rings. The Balaban J connectivity index is 0.000000178. The van der Waals surface area contributed by atoms with Crippen molar-refractivity contribution in [1.82, 2.24) is 5.32 Å². The lowest BCUT2D eigenvalue weighted by Crippen LogP contribution is -2.26. The number of hydrogen-bond donors (Lipinski definition) is 1. The van der Waals surface area contributed by atoms with E-state index in [2.05, 4.69) is 36.1 Å². The molecule has 4 heteroatoms. The maximum Gasteiger partial charge on any atom is 0.0406 e. The van der Waals surface area contributed by atoms with Gasteiger partial charge in [-0.25, -0.2) is 0 Å². The van der Waals surface area contributed by atoms with E-state index in [1.165, 1.54) is 48.8 Å². The van der Waals surface area contributed by atoms with Gasteiger partial charge in [-0.3, -0.25) is 0 Å². The SMILES string of the molecule is CC1CCNCC1.Clc1ccc(SC2CCSC2)cc1. The van der Waals surface area contributed by atoms with Crippen LogP contribution < -0.4 is 5.32 Å². The largest absolute Gasteiger partial charge is 0.317 e. The molecule has 1 nitrogen and oxygen atoms in total. The maximum atomic E-state index is 5.81. The Morgan fingerprint density at radius 3 is 2.35 bits per heavy atom. The molecule has 3 rings (SSSR count). The van der Waals surface area contributed by atoms with Gasteiger partial charge in [0.1, 0.15) is 0 Å². The van der Waals surface area contributed by atoms with Crippen molar-refractivity contribution in [2.24, 2.45) is 5.92 Å². The summed E-state index contributed by atoms with van der Waals surface area (Å²) >= 11 is 9.85. The Kier molecular flexibility index (Phi) is 7.64. The molecule has 112 valence electrons. The first-order valence-corrected chi connectivity index (χ1v) is 9.86. The van der Waals surface area contributed by atoms with Crippen LogP contribution in [-0.4, -0.2) is 29.8 Å². The molecule has 2 saturated heterocycles. The van der Waals surface area contributed by atoms with E-state index in [4.69, 9.17) is 11.6 Å². The molecule has 2 heterocycles. The first-order valence-electron chi connectivity index (χ1n) is 7.44. The summed E-state index contributed by atoms with van der Waals surface area (Å²) in [4.78, 5) is 1.34. The van der Waals surface area contributed by atoms with Gasteiger partial charge in [-0.2, -0.15) is 11.8 Å². The molecule has 2 aliphatic rings. The third-order valence-electron chi connectivity index (χ3n) is 3.63. The van der Waals surface area contributed by atoms with Crippen LogP contribution in [0.5, 0.6) is 0 Å². The van der Waals surface area contributed by atoms with Crippen molar-refractivity contribution < 1.29 is 0 Å². The summed E-state index contributed by atoms with van der Waals surface area (Å²) in [6, 6.07) is 8.14. The minimum Gasteiger partial charge on any atom is -0.317 e. The van der Waals surface area contributed by atoms with Gasteiger partial charge in [0.15, 0.2) is 0 Å². The van der Waals surface area contributed by atoms with E-state index in [1.54, 1.807) is 0 Å². The normalized spacial score (nSPS) is 23.2. The third-order valence-corrected chi connectivity index (χ3v) is 6.54. The quantitative estimate of drug-likeness (QED) is 0.825. The number of nitrogens with one attached hydrogen (secondary N) is 1. The van der Waals surface area contributed by atoms with Crippen LogP contribution in [0.4, 0.5) is 0 Å². The van der Waals surface area contributed by atoms with E-state index >= 15 is 0 Å². The van der Waals surface area contributed by atoms with Gasteiger partial charge in [-0.15, -0.1) is 11.8 Å². The molecule has 1 unspecified atom stereocenters. The molecule has 0 saturated carbocycles. The summed E-state index contributed by atoms with van der Waals surface area (Å²) in [6.07, 6.45) is 4.10. The smallest absolute Gasteiger partial charge is 0.0406 e. The van der Waals surface area contributed by atoms with E-state index < -0.39 is 0 Å². The standard InChI is InChI=1S/C10H11ClS2.C6H13N/c11-8-1-3-9(4-2-8)13-10-5-6-12-7-10;1-6-2-4-7-5-3-6/h1-4,10H,5-7H2;6-7H,2-5H2,1H3. The van der Waals surface area contributed by atoms with Crippen LogP contribution in [0, 0.1) is 5.92 Å². The van der Waals surface area contributed by atoms with Crippen LogP contribution in [0.2, 0.25) is 5.02 Å². The van der Waals surface area contributed by atoms with Crippen LogP contribution in [0.3, 0.4) is 0 Å². The molecule has 0 radical (unpaired) electrons. The number of piperidine rings is 1. The van der Waals surface area contributed by atoms with Crippen molar-refractivity contribution in [2.75, 3.05) is 24.6 Å². The maximum absolute atomic E-state index is 5.81. The highest BCUT2D eigenvalue weighted by Crippen LogP contribution is 2.33. The van der Waals surface area contributed by atoms with Crippen LogP contribution in [0.15, 0.2) is 29.2 Å². The van der Waals surface area contributed by atoms with Gasteiger partial charge in [0.25, 0.3) is 0 Å². The lowest BCUT2D eigenvalue weighted by molar-refractivity contribution is 0.402. The zero-order chi connectivity index (χ0) is 14.2. The third kappa shape index (κ3) is 6.30. The first-order chi connectivity index (χ1) is 9.74. The second kappa shape index (κ2) is 9.24. The molecule has 2 fully saturated rings. The monoisotopic (exact) mass is 329 g/mol. The predicted octanol–water partition coefficient (Wildman–Crippen LogP) is 4.94. The van der Waals surface area contributed by atoms with E-state index in [-0.39, 0.29) is 0 Å². The average molecular weight is 330 g/mol. The van der Waals surface area contributed by atoms with E-state index in [9.17, 15) is 0 Å². The van der Waals surface area contributed by atoms with Crippen molar-refractivity contribution in [3.05, 3.63) is 29.3 Å². The highest BCUT2D eigenvalue weighted by atomic mass is 35.5. The first kappa shape index (κ1) is 16.5. The van der Waals surface area contributed by atoms with E-state index in [0.29, 0.717) is 0 Å². The van der Waals surface area contributed by atoms with Gasteiger partial charge in [0.2, 0.25) is 0 Å². The fourth-order valence-electron chi connectivity index (χ4n) is 2.28. The second-order valence-electron chi connectivity index (χ2n) is 5.49. The van der Waals surface area contributed by atoms with Crippen LogP contribution in [-0.2, 0) is 0 Å². The minimum atomic E-state index is 0.811. The van der Waals surface area contributed by atoms with Gasteiger partial charge >= 0.3 is 0 Å². The lowest BCUT2D eigenvalue weighted by Gasteiger charge is -2.17. The zero-order valence-electron chi connectivity index (χ0n) is 12.1. The Morgan fingerprint density at radius 2 is 1.85 bits per heavy atom. The van der Waals surface area contributed by atoms with Crippen LogP contribution in [0.25, 0.3) is 0 Å². The Bertz CT molecular complexity index is 371. The molecule has 1 N–H and O–H groups in total. The fraction of sp³-hybridized carbons (Fsp3) is 0.625. The van der Waals surface area contributed by atoms with E-state index in [1.807, 2.05) is 23.9 Å². The van der Waals surface area contributed by atoms with Gasteiger partial charge in [-0.05, 0) is 68.3 Å². The number of thioether (sulfide) groups is 2. The van der Waals surface area contributed by atoms with Crippen LogP contribution >= 0.6 is 35.1 Å². The Morgan fingerprint density at radius 1 is 1.15 bits per heavy atom. The molecule has 0 aliphatic carbocycles. The summed E-state index contributed by atoms with van der Waals surface area (Å²) in [5.41, 5.74) is 0. The van der Waals surface area contributed by atoms with Crippen LogP contribution in [0.1, 0.15) is 26.2 Å². The average Bonchev–Trinajstić information content (AvgIpc) is 2.96. The van der Waals surface area contributed by atoms with Gasteiger partial charge in [0.05, 0.1) is 0 Å². The van der Waals surface area contributed by atoms with Crippen molar-refractivity contribution in [3.63, 3.8) is 0 Å². The second-order valence-corrected chi connectivity index (χ2v) is 8.45. The number of hydrogen-bond acceptors (Lipinski definition) is 3. The predicted molar refractivity (Wildman–Crippen MR) is 94.3 cm³/mol. The lowest BCUT2D eigenvalue weighted by atomic mass is 10.0. The summed E-state index contributed by atoms with van der Waals surface area (Å²) in [6.45, 7) is 4.79. The summed E-state index contributed by atoms with van der Waals surface area (Å²) in [5, 5.41) is 4.95. The molecule has 1 aromatic carbocycles. The summed E-state index contributed by atoms with van der Waals surface area (Å²) in [7, 11) is 0. The van der Waals surface area contributed by atoms with Gasteiger partial charge < -0.3 is 5.32 Å². The molecular weight excluding hydrogens is 306 g/mol. The molecule has 0 amide bonds. The van der Waals surface area contributed by atoms with Crippen molar-refractivity contribution in [3.8, 4) is 0 Å². The van der Waals surface area contributed by atoms with Gasteiger partial charge in [-0.1, -0.05) is 18.5 Å². The number of benzene rings is 1. The molecule has 1 atom stereocenters. The molecule has 0 spiro atoms. The van der Waals surface area contributed by atoms with E-state index in [0.717, 1.165) is 16.2 Å². The van der Waals surface area contributed by atoms with Crippen molar-refractivity contribution >= 4 is 35.1 Å².